The molecule has 1 atom stereocenters. The predicted octanol–water partition coefficient (Wildman–Crippen LogP) is 3.07. The fraction of sp³-hybridized carbons (Fsp3) is 0.250. The summed E-state index contributed by atoms with van der Waals surface area (Å²) in [5, 5.41) is 6.76. The van der Waals surface area contributed by atoms with Crippen molar-refractivity contribution in [1.82, 2.24) is 10.7 Å². The van der Waals surface area contributed by atoms with Gasteiger partial charge in [0.1, 0.15) is 0 Å². The van der Waals surface area contributed by atoms with Gasteiger partial charge in [0.2, 0.25) is 0 Å². The van der Waals surface area contributed by atoms with E-state index in [4.69, 9.17) is 21.1 Å². The van der Waals surface area contributed by atoms with Gasteiger partial charge in [0.15, 0.2) is 11.5 Å². The third kappa shape index (κ3) is 5.72. The molecule has 2 rings (SSSR count). The SMILES string of the molecule is CCOc1cc(/C=N\NC(=O)C(=O)N[C@H](C)c2ccccc2)cc(Cl)c1OC. The number of ether oxygens (including phenoxy) is 2. The first-order valence-electron chi connectivity index (χ1n) is 8.65. The quantitative estimate of drug-likeness (QED) is 0.422. The third-order valence-corrected chi connectivity index (χ3v) is 4.05. The Bertz CT molecular complexity index is 856. The van der Waals surface area contributed by atoms with Crippen molar-refractivity contribution in [2.75, 3.05) is 13.7 Å². The monoisotopic (exact) mass is 403 g/mol. The Morgan fingerprint density at radius 2 is 1.93 bits per heavy atom. The Morgan fingerprint density at radius 3 is 2.57 bits per heavy atom. The molecule has 0 aromatic heterocycles. The molecule has 0 fully saturated rings. The summed E-state index contributed by atoms with van der Waals surface area (Å²) in [5.74, 6) is -0.779. The van der Waals surface area contributed by atoms with E-state index in [9.17, 15) is 9.59 Å². The van der Waals surface area contributed by atoms with Crippen LogP contribution in [0.5, 0.6) is 11.5 Å². The number of hydrogen-bond acceptors (Lipinski definition) is 5. The summed E-state index contributed by atoms with van der Waals surface area (Å²) >= 11 is 6.16. The van der Waals surface area contributed by atoms with Crippen molar-refractivity contribution in [2.45, 2.75) is 19.9 Å². The Labute approximate surface area is 168 Å². The average molecular weight is 404 g/mol. The largest absolute Gasteiger partial charge is 0.491 e. The molecule has 0 radical (unpaired) electrons. The van der Waals surface area contributed by atoms with Crippen LogP contribution in [0, 0.1) is 0 Å². The number of nitrogens with one attached hydrogen (secondary N) is 2. The highest BCUT2D eigenvalue weighted by atomic mass is 35.5. The zero-order chi connectivity index (χ0) is 20.5. The van der Waals surface area contributed by atoms with Gasteiger partial charge in [-0.3, -0.25) is 9.59 Å². The van der Waals surface area contributed by atoms with Crippen molar-refractivity contribution < 1.29 is 19.1 Å². The summed E-state index contributed by atoms with van der Waals surface area (Å²) in [6.45, 7) is 4.06. The van der Waals surface area contributed by atoms with E-state index < -0.39 is 11.8 Å². The number of carbonyl (C=O) groups excluding carboxylic acids is 2. The first-order valence-corrected chi connectivity index (χ1v) is 9.03. The topological polar surface area (TPSA) is 89.0 Å². The van der Waals surface area contributed by atoms with Crippen LogP contribution in [0.25, 0.3) is 0 Å². The highest BCUT2D eigenvalue weighted by molar-refractivity contribution is 6.35. The van der Waals surface area contributed by atoms with E-state index in [0.29, 0.717) is 28.7 Å². The van der Waals surface area contributed by atoms with Crippen LogP contribution in [0.2, 0.25) is 5.02 Å². The fourth-order valence-electron chi connectivity index (χ4n) is 2.43. The van der Waals surface area contributed by atoms with E-state index in [1.165, 1.54) is 13.3 Å². The molecule has 0 heterocycles. The van der Waals surface area contributed by atoms with E-state index in [1.807, 2.05) is 37.3 Å². The minimum Gasteiger partial charge on any atom is -0.491 e. The van der Waals surface area contributed by atoms with Crippen LogP contribution in [0.15, 0.2) is 47.6 Å². The van der Waals surface area contributed by atoms with E-state index in [-0.39, 0.29) is 6.04 Å². The van der Waals surface area contributed by atoms with Crippen LogP contribution in [0.3, 0.4) is 0 Å². The average Bonchev–Trinajstić information content (AvgIpc) is 2.68. The lowest BCUT2D eigenvalue weighted by Gasteiger charge is -2.13. The van der Waals surface area contributed by atoms with E-state index in [0.717, 1.165) is 5.56 Å². The van der Waals surface area contributed by atoms with Crippen molar-refractivity contribution in [2.24, 2.45) is 5.10 Å². The maximum Gasteiger partial charge on any atom is 0.329 e. The lowest BCUT2D eigenvalue weighted by molar-refractivity contribution is -0.139. The Hall–Kier alpha value is -3.06. The Balaban J connectivity index is 1.98. The van der Waals surface area contributed by atoms with Gasteiger partial charge < -0.3 is 14.8 Å². The summed E-state index contributed by atoms with van der Waals surface area (Å²) in [6, 6.07) is 12.3. The smallest absolute Gasteiger partial charge is 0.329 e. The normalized spacial score (nSPS) is 11.7. The number of rotatable bonds is 7. The Morgan fingerprint density at radius 1 is 1.21 bits per heavy atom. The van der Waals surface area contributed by atoms with E-state index >= 15 is 0 Å². The van der Waals surface area contributed by atoms with Gasteiger partial charge in [0.25, 0.3) is 0 Å². The van der Waals surface area contributed by atoms with Gasteiger partial charge in [-0.2, -0.15) is 5.10 Å². The molecule has 0 spiro atoms. The second-order valence-electron chi connectivity index (χ2n) is 5.77. The number of hydrogen-bond donors (Lipinski definition) is 2. The molecule has 2 aromatic rings. The number of amides is 2. The van der Waals surface area contributed by atoms with Crippen LogP contribution in [-0.2, 0) is 9.59 Å². The van der Waals surface area contributed by atoms with Crippen LogP contribution < -0.4 is 20.2 Å². The maximum atomic E-state index is 12.0. The van der Waals surface area contributed by atoms with Crippen molar-refractivity contribution in [3.8, 4) is 11.5 Å². The number of nitrogens with zero attached hydrogens (tertiary/aromatic N) is 1. The molecular weight excluding hydrogens is 382 g/mol. The molecule has 0 unspecified atom stereocenters. The van der Waals surface area contributed by atoms with Gasteiger partial charge in [0.05, 0.1) is 31.0 Å². The van der Waals surface area contributed by atoms with Crippen LogP contribution >= 0.6 is 11.6 Å². The van der Waals surface area contributed by atoms with Gasteiger partial charge in [-0.15, -0.1) is 0 Å². The lowest BCUT2D eigenvalue weighted by Crippen LogP contribution is -2.39. The molecule has 0 saturated heterocycles. The molecule has 0 saturated carbocycles. The first kappa shape index (κ1) is 21.2. The number of methoxy groups -OCH3 is 1. The number of carbonyl (C=O) groups is 2. The number of halogens is 1. The molecule has 2 aromatic carbocycles. The first-order chi connectivity index (χ1) is 13.5. The molecule has 28 heavy (non-hydrogen) atoms. The van der Waals surface area contributed by atoms with E-state index in [2.05, 4.69) is 15.8 Å². The summed E-state index contributed by atoms with van der Waals surface area (Å²) < 4.78 is 10.7. The summed E-state index contributed by atoms with van der Waals surface area (Å²) in [4.78, 5) is 23.9. The van der Waals surface area contributed by atoms with Crippen molar-refractivity contribution >= 4 is 29.6 Å². The van der Waals surface area contributed by atoms with Crippen molar-refractivity contribution in [1.29, 1.82) is 0 Å². The van der Waals surface area contributed by atoms with Crippen molar-refractivity contribution in [3.63, 3.8) is 0 Å². The molecule has 2 N–H and O–H groups in total. The van der Waals surface area contributed by atoms with Crippen LogP contribution in [0.1, 0.15) is 31.0 Å². The second kappa shape index (κ2) is 10.3. The standard InChI is InChI=1S/C20H22ClN3O4/c1-4-28-17-11-14(10-16(21)18(17)27-3)12-22-24-20(26)19(25)23-13(2)15-8-6-5-7-9-15/h5-13H,4H2,1-3H3,(H,23,25)(H,24,26)/b22-12-/t13-/m1/s1. The van der Waals surface area contributed by atoms with Gasteiger partial charge in [-0.05, 0) is 37.1 Å². The maximum absolute atomic E-state index is 12.0. The molecule has 8 heteroatoms. The zero-order valence-corrected chi connectivity index (χ0v) is 16.6. The van der Waals surface area contributed by atoms with Crippen LogP contribution in [0.4, 0.5) is 0 Å². The highest BCUT2D eigenvalue weighted by Crippen LogP contribution is 2.35. The highest BCUT2D eigenvalue weighted by Gasteiger charge is 2.16. The summed E-state index contributed by atoms with van der Waals surface area (Å²) in [7, 11) is 1.49. The molecular formula is C20H22ClN3O4. The van der Waals surface area contributed by atoms with Gasteiger partial charge in [-0.25, -0.2) is 5.43 Å². The fourth-order valence-corrected chi connectivity index (χ4v) is 2.72. The number of hydrazone groups is 1. The molecule has 0 aliphatic heterocycles. The second-order valence-corrected chi connectivity index (χ2v) is 6.18. The lowest BCUT2D eigenvalue weighted by atomic mass is 10.1. The predicted molar refractivity (Wildman–Crippen MR) is 108 cm³/mol. The molecule has 0 bridgehead atoms. The van der Waals surface area contributed by atoms with Gasteiger partial charge in [-0.1, -0.05) is 41.9 Å². The molecule has 7 nitrogen and oxygen atoms in total. The van der Waals surface area contributed by atoms with E-state index in [1.54, 1.807) is 19.1 Å². The minimum absolute atomic E-state index is 0.308. The molecule has 0 aliphatic rings. The minimum atomic E-state index is -0.872. The van der Waals surface area contributed by atoms with Gasteiger partial charge >= 0.3 is 11.8 Å². The summed E-state index contributed by atoms with van der Waals surface area (Å²) in [5.41, 5.74) is 3.66. The zero-order valence-electron chi connectivity index (χ0n) is 15.9. The van der Waals surface area contributed by atoms with Crippen molar-refractivity contribution in [3.05, 3.63) is 58.6 Å². The molecule has 0 aliphatic carbocycles. The third-order valence-electron chi connectivity index (χ3n) is 3.77. The van der Waals surface area contributed by atoms with Gasteiger partial charge in [0, 0.05) is 0 Å². The Kier molecular flexibility index (Phi) is 7.83. The summed E-state index contributed by atoms with van der Waals surface area (Å²) in [6.07, 6.45) is 1.36. The van der Waals surface area contributed by atoms with Crippen LogP contribution in [-0.4, -0.2) is 31.7 Å². The number of benzene rings is 2. The molecule has 2 amide bonds. The molecule has 148 valence electrons.